The largest absolute Gasteiger partial charge is 0.378 e. The summed E-state index contributed by atoms with van der Waals surface area (Å²) in [5.74, 6) is 0.598. The maximum atomic E-state index is 13.0. The molecule has 0 saturated carbocycles. The van der Waals surface area contributed by atoms with Crippen molar-refractivity contribution in [3.05, 3.63) is 82.9 Å². The SMILES string of the molecule is Cc1ccc(Nc2cc(C(C)C)c(OS(=O)(=O)c3ccc(C)cc3)c(C(C)C)c2)cc1. The van der Waals surface area contributed by atoms with Crippen molar-refractivity contribution in [2.45, 2.75) is 58.3 Å². The molecule has 0 aliphatic carbocycles. The summed E-state index contributed by atoms with van der Waals surface area (Å²) in [5.41, 5.74) is 5.80. The summed E-state index contributed by atoms with van der Waals surface area (Å²) in [4.78, 5) is 0.157. The molecule has 0 heterocycles. The predicted molar refractivity (Wildman–Crippen MR) is 128 cm³/mol. The van der Waals surface area contributed by atoms with Crippen LogP contribution < -0.4 is 9.50 Å². The average molecular weight is 438 g/mol. The van der Waals surface area contributed by atoms with Gasteiger partial charge in [0.1, 0.15) is 10.6 Å². The summed E-state index contributed by atoms with van der Waals surface area (Å²) in [5, 5.41) is 3.44. The van der Waals surface area contributed by atoms with Crippen LogP contribution in [0.4, 0.5) is 11.4 Å². The van der Waals surface area contributed by atoms with Crippen molar-refractivity contribution < 1.29 is 12.6 Å². The quantitative estimate of drug-likeness (QED) is 0.402. The van der Waals surface area contributed by atoms with Gasteiger partial charge >= 0.3 is 10.1 Å². The van der Waals surface area contributed by atoms with E-state index in [9.17, 15) is 8.42 Å². The third-order valence-corrected chi connectivity index (χ3v) is 6.47. The lowest BCUT2D eigenvalue weighted by Gasteiger charge is -2.22. The van der Waals surface area contributed by atoms with Gasteiger partial charge in [0.05, 0.1) is 0 Å². The Morgan fingerprint density at radius 2 is 1.16 bits per heavy atom. The number of aryl methyl sites for hydroxylation is 2. The Balaban J connectivity index is 2.06. The van der Waals surface area contributed by atoms with E-state index >= 15 is 0 Å². The molecule has 0 saturated heterocycles. The lowest BCUT2D eigenvalue weighted by atomic mass is 9.93. The lowest BCUT2D eigenvalue weighted by molar-refractivity contribution is 0.476. The van der Waals surface area contributed by atoms with Crippen molar-refractivity contribution >= 4 is 21.5 Å². The molecule has 3 rings (SSSR count). The molecule has 0 aliphatic rings. The van der Waals surface area contributed by atoms with Gasteiger partial charge in [0.25, 0.3) is 0 Å². The first-order valence-corrected chi connectivity index (χ1v) is 12.0. The summed E-state index contributed by atoms with van der Waals surface area (Å²) in [6, 6.07) is 18.9. The van der Waals surface area contributed by atoms with Crippen LogP contribution in [0.1, 0.15) is 61.8 Å². The molecule has 0 amide bonds. The topological polar surface area (TPSA) is 55.4 Å². The second-order valence-corrected chi connectivity index (χ2v) is 10.2. The number of benzene rings is 3. The number of hydrogen-bond donors (Lipinski definition) is 1. The summed E-state index contributed by atoms with van der Waals surface area (Å²) < 4.78 is 31.8. The van der Waals surface area contributed by atoms with Crippen LogP contribution >= 0.6 is 0 Å². The van der Waals surface area contributed by atoms with Crippen LogP contribution in [0, 0.1) is 13.8 Å². The molecule has 3 aromatic rings. The summed E-state index contributed by atoms with van der Waals surface area (Å²) in [6.07, 6.45) is 0. The number of anilines is 2. The smallest absolute Gasteiger partial charge is 0.339 e. The summed E-state index contributed by atoms with van der Waals surface area (Å²) in [6.45, 7) is 12.1. The van der Waals surface area contributed by atoms with E-state index in [4.69, 9.17) is 4.18 Å². The summed E-state index contributed by atoms with van der Waals surface area (Å²) >= 11 is 0. The molecule has 31 heavy (non-hydrogen) atoms. The van der Waals surface area contributed by atoms with Crippen LogP contribution in [0.2, 0.25) is 0 Å². The first-order valence-electron chi connectivity index (χ1n) is 10.6. The Morgan fingerprint density at radius 1 is 0.710 bits per heavy atom. The van der Waals surface area contributed by atoms with E-state index in [0.29, 0.717) is 5.75 Å². The second kappa shape index (κ2) is 9.15. The lowest BCUT2D eigenvalue weighted by Crippen LogP contribution is -2.14. The zero-order valence-electron chi connectivity index (χ0n) is 19.1. The van der Waals surface area contributed by atoms with Gasteiger partial charge in [-0.25, -0.2) is 0 Å². The Hall–Kier alpha value is -2.79. The van der Waals surface area contributed by atoms with Gasteiger partial charge < -0.3 is 9.50 Å². The average Bonchev–Trinajstić information content (AvgIpc) is 2.70. The molecule has 4 nitrogen and oxygen atoms in total. The molecular weight excluding hydrogens is 406 g/mol. The molecule has 0 unspecified atom stereocenters. The van der Waals surface area contributed by atoms with Crippen LogP contribution in [0.5, 0.6) is 5.75 Å². The molecular formula is C26H31NO3S. The van der Waals surface area contributed by atoms with E-state index in [-0.39, 0.29) is 16.7 Å². The molecule has 0 bridgehead atoms. The van der Waals surface area contributed by atoms with Crippen molar-refractivity contribution in [1.82, 2.24) is 0 Å². The molecule has 0 atom stereocenters. The molecule has 0 spiro atoms. The standard InChI is InChI=1S/C26H31NO3S/c1-17(2)24-15-22(27-21-11-7-19(5)8-12-21)16-25(18(3)4)26(24)30-31(28,29)23-13-9-20(6)10-14-23/h7-18,27H,1-6H3. The first kappa shape index (κ1) is 22.9. The highest BCUT2D eigenvalue weighted by molar-refractivity contribution is 7.87. The number of rotatable bonds is 7. The monoisotopic (exact) mass is 437 g/mol. The zero-order chi connectivity index (χ0) is 22.8. The third kappa shape index (κ3) is 5.47. The molecule has 0 aromatic heterocycles. The van der Waals surface area contributed by atoms with Crippen LogP contribution in [0.15, 0.2) is 65.6 Å². The fourth-order valence-electron chi connectivity index (χ4n) is 3.37. The van der Waals surface area contributed by atoms with Crippen molar-refractivity contribution in [2.24, 2.45) is 0 Å². The van der Waals surface area contributed by atoms with Crippen molar-refractivity contribution in [3.8, 4) is 5.75 Å². The van der Waals surface area contributed by atoms with Gasteiger partial charge in [-0.05, 0) is 62.1 Å². The molecule has 0 radical (unpaired) electrons. The van der Waals surface area contributed by atoms with Crippen molar-refractivity contribution in [2.75, 3.05) is 5.32 Å². The van der Waals surface area contributed by atoms with E-state index in [2.05, 4.69) is 24.4 Å². The molecule has 0 aliphatic heterocycles. The minimum Gasteiger partial charge on any atom is -0.378 e. The van der Waals surface area contributed by atoms with Crippen LogP contribution in [0.3, 0.4) is 0 Å². The van der Waals surface area contributed by atoms with E-state index in [0.717, 1.165) is 28.1 Å². The van der Waals surface area contributed by atoms with Crippen molar-refractivity contribution in [3.63, 3.8) is 0 Å². The molecule has 164 valence electrons. The van der Waals surface area contributed by atoms with Crippen LogP contribution in [-0.4, -0.2) is 8.42 Å². The van der Waals surface area contributed by atoms with E-state index in [1.54, 1.807) is 24.3 Å². The Kier molecular flexibility index (Phi) is 6.75. The Bertz CT molecular complexity index is 1120. The zero-order valence-corrected chi connectivity index (χ0v) is 19.9. The van der Waals surface area contributed by atoms with Gasteiger partial charge in [-0.2, -0.15) is 8.42 Å². The molecule has 3 aromatic carbocycles. The van der Waals surface area contributed by atoms with Crippen LogP contribution in [-0.2, 0) is 10.1 Å². The normalized spacial score (nSPS) is 11.7. The van der Waals surface area contributed by atoms with Gasteiger partial charge in [0.15, 0.2) is 0 Å². The van der Waals surface area contributed by atoms with E-state index in [1.807, 2.05) is 58.9 Å². The van der Waals surface area contributed by atoms with Gasteiger partial charge in [0.2, 0.25) is 0 Å². The minimum absolute atomic E-state index is 0.0838. The number of nitrogens with one attached hydrogen (secondary N) is 1. The maximum absolute atomic E-state index is 13.0. The fraction of sp³-hybridized carbons (Fsp3) is 0.308. The Morgan fingerprint density at radius 3 is 1.61 bits per heavy atom. The summed E-state index contributed by atoms with van der Waals surface area (Å²) in [7, 11) is -3.94. The molecule has 5 heteroatoms. The first-order chi connectivity index (χ1) is 14.6. The van der Waals surface area contributed by atoms with Gasteiger partial charge in [-0.3, -0.25) is 0 Å². The third-order valence-electron chi connectivity index (χ3n) is 5.23. The van der Waals surface area contributed by atoms with E-state index in [1.165, 1.54) is 5.56 Å². The highest BCUT2D eigenvalue weighted by Crippen LogP contribution is 2.39. The fourth-order valence-corrected chi connectivity index (χ4v) is 4.34. The van der Waals surface area contributed by atoms with Gasteiger partial charge in [-0.1, -0.05) is 63.1 Å². The van der Waals surface area contributed by atoms with Gasteiger partial charge in [0, 0.05) is 22.5 Å². The van der Waals surface area contributed by atoms with Crippen LogP contribution in [0.25, 0.3) is 0 Å². The van der Waals surface area contributed by atoms with E-state index < -0.39 is 10.1 Å². The predicted octanol–water partition coefficient (Wildman–Crippen LogP) is 7.06. The highest BCUT2D eigenvalue weighted by Gasteiger charge is 2.24. The van der Waals surface area contributed by atoms with Gasteiger partial charge in [-0.15, -0.1) is 0 Å². The molecule has 0 fully saturated rings. The van der Waals surface area contributed by atoms with Crippen molar-refractivity contribution in [1.29, 1.82) is 0 Å². The second-order valence-electron chi connectivity index (χ2n) is 8.63. The minimum atomic E-state index is -3.94. The maximum Gasteiger partial charge on any atom is 0.339 e. The molecule has 1 N–H and O–H groups in total. The Labute approximate surface area is 186 Å². The number of hydrogen-bond acceptors (Lipinski definition) is 4. The highest BCUT2D eigenvalue weighted by atomic mass is 32.2.